The molecule has 3 rings (SSSR count). The van der Waals surface area contributed by atoms with Crippen molar-refractivity contribution in [2.45, 2.75) is 6.92 Å². The van der Waals surface area contributed by atoms with Gasteiger partial charge in [0.15, 0.2) is 5.75 Å². The second-order valence-electron chi connectivity index (χ2n) is 4.68. The molecule has 0 atom stereocenters. The van der Waals surface area contributed by atoms with Crippen LogP contribution < -0.4 is 4.74 Å². The van der Waals surface area contributed by atoms with Gasteiger partial charge in [0, 0.05) is 11.6 Å². The van der Waals surface area contributed by atoms with Crippen molar-refractivity contribution in [3.8, 4) is 34.3 Å². The SMILES string of the molecule is Cc1ccccc1Oc1cn[nH]c1-c1ccc(O)cc1O. The highest BCUT2D eigenvalue weighted by atomic mass is 16.5. The number of aromatic hydroxyl groups is 2. The van der Waals surface area contributed by atoms with Gasteiger partial charge in [0.2, 0.25) is 0 Å². The summed E-state index contributed by atoms with van der Waals surface area (Å²) in [4.78, 5) is 0. The van der Waals surface area contributed by atoms with Crippen LogP contribution in [0, 0.1) is 6.92 Å². The van der Waals surface area contributed by atoms with Gasteiger partial charge in [-0.3, -0.25) is 5.10 Å². The maximum atomic E-state index is 9.94. The molecule has 1 aromatic heterocycles. The van der Waals surface area contributed by atoms with Crippen molar-refractivity contribution in [1.29, 1.82) is 0 Å². The van der Waals surface area contributed by atoms with Gasteiger partial charge in [-0.1, -0.05) is 18.2 Å². The van der Waals surface area contributed by atoms with E-state index in [1.54, 1.807) is 12.3 Å². The van der Waals surface area contributed by atoms with E-state index < -0.39 is 0 Å². The van der Waals surface area contributed by atoms with Gasteiger partial charge in [-0.15, -0.1) is 0 Å². The summed E-state index contributed by atoms with van der Waals surface area (Å²) in [5, 5.41) is 26.1. The zero-order valence-corrected chi connectivity index (χ0v) is 11.4. The fraction of sp³-hybridized carbons (Fsp3) is 0.0625. The molecule has 0 radical (unpaired) electrons. The predicted octanol–water partition coefficient (Wildman–Crippen LogP) is 3.59. The third-order valence-electron chi connectivity index (χ3n) is 3.17. The number of benzene rings is 2. The Balaban J connectivity index is 2.00. The van der Waals surface area contributed by atoms with E-state index in [4.69, 9.17) is 4.74 Å². The quantitative estimate of drug-likeness (QED) is 0.686. The number of H-pyrrole nitrogens is 1. The number of nitrogens with one attached hydrogen (secondary N) is 1. The molecule has 1 heterocycles. The average molecular weight is 282 g/mol. The highest BCUT2D eigenvalue weighted by Gasteiger charge is 2.14. The standard InChI is InChI=1S/C16H14N2O3/c1-10-4-2-3-5-14(10)21-15-9-17-18-16(15)12-7-6-11(19)8-13(12)20/h2-9,19-20H,1H3,(H,17,18). The molecule has 0 bridgehead atoms. The second-order valence-corrected chi connectivity index (χ2v) is 4.68. The molecule has 0 aliphatic rings. The van der Waals surface area contributed by atoms with Crippen molar-refractivity contribution < 1.29 is 14.9 Å². The fourth-order valence-corrected chi connectivity index (χ4v) is 2.07. The lowest BCUT2D eigenvalue weighted by Gasteiger charge is -2.09. The minimum absolute atomic E-state index is 0.00265. The number of aromatic amines is 1. The fourth-order valence-electron chi connectivity index (χ4n) is 2.07. The molecular weight excluding hydrogens is 268 g/mol. The van der Waals surface area contributed by atoms with Crippen LogP contribution in [0.1, 0.15) is 5.56 Å². The van der Waals surface area contributed by atoms with E-state index >= 15 is 0 Å². The highest BCUT2D eigenvalue weighted by Crippen LogP contribution is 2.38. The lowest BCUT2D eigenvalue weighted by molar-refractivity contribution is 0.450. The molecule has 106 valence electrons. The van der Waals surface area contributed by atoms with Gasteiger partial charge in [0.05, 0.1) is 6.20 Å². The van der Waals surface area contributed by atoms with E-state index in [0.717, 1.165) is 11.3 Å². The smallest absolute Gasteiger partial charge is 0.173 e. The molecule has 2 aromatic carbocycles. The Morgan fingerprint density at radius 2 is 1.86 bits per heavy atom. The first-order valence-corrected chi connectivity index (χ1v) is 6.44. The van der Waals surface area contributed by atoms with E-state index in [0.29, 0.717) is 17.0 Å². The number of phenols is 2. The molecule has 3 N–H and O–H groups in total. The van der Waals surface area contributed by atoms with Crippen molar-refractivity contribution in [3.05, 3.63) is 54.2 Å². The average Bonchev–Trinajstić information content (AvgIpc) is 2.89. The number of rotatable bonds is 3. The van der Waals surface area contributed by atoms with Crippen LogP contribution in [-0.4, -0.2) is 20.4 Å². The molecular formula is C16H14N2O3. The Morgan fingerprint density at radius 3 is 2.62 bits per heavy atom. The van der Waals surface area contributed by atoms with Crippen molar-refractivity contribution in [2.24, 2.45) is 0 Å². The van der Waals surface area contributed by atoms with Crippen LogP contribution in [0.2, 0.25) is 0 Å². The van der Waals surface area contributed by atoms with Gasteiger partial charge in [-0.05, 0) is 30.7 Å². The van der Waals surface area contributed by atoms with Crippen LogP contribution in [0.15, 0.2) is 48.7 Å². The van der Waals surface area contributed by atoms with Crippen LogP contribution in [0.5, 0.6) is 23.0 Å². The van der Waals surface area contributed by atoms with Gasteiger partial charge in [-0.2, -0.15) is 5.10 Å². The molecule has 5 heteroatoms. The zero-order chi connectivity index (χ0) is 14.8. The van der Waals surface area contributed by atoms with Crippen LogP contribution in [0.25, 0.3) is 11.3 Å². The molecule has 21 heavy (non-hydrogen) atoms. The summed E-state index contributed by atoms with van der Waals surface area (Å²) in [6.45, 7) is 1.95. The zero-order valence-electron chi connectivity index (χ0n) is 11.4. The number of hydrogen-bond donors (Lipinski definition) is 3. The van der Waals surface area contributed by atoms with Crippen LogP contribution in [0.4, 0.5) is 0 Å². The summed E-state index contributed by atoms with van der Waals surface area (Å²) < 4.78 is 5.85. The molecule has 0 fully saturated rings. The number of aryl methyl sites for hydroxylation is 1. The van der Waals surface area contributed by atoms with Crippen LogP contribution in [0.3, 0.4) is 0 Å². The Kier molecular flexibility index (Phi) is 3.23. The summed E-state index contributed by atoms with van der Waals surface area (Å²) in [6.07, 6.45) is 1.55. The van der Waals surface area contributed by atoms with E-state index in [-0.39, 0.29) is 11.5 Å². The monoisotopic (exact) mass is 282 g/mol. The number of phenolic OH excluding ortho intramolecular Hbond substituents is 2. The topological polar surface area (TPSA) is 78.4 Å². The molecule has 0 amide bonds. The molecule has 5 nitrogen and oxygen atoms in total. The number of aromatic nitrogens is 2. The number of hydrogen-bond acceptors (Lipinski definition) is 4. The minimum atomic E-state index is -0.0473. The highest BCUT2D eigenvalue weighted by molar-refractivity contribution is 5.73. The molecule has 0 saturated heterocycles. The molecule has 0 saturated carbocycles. The van der Waals surface area contributed by atoms with Crippen molar-refractivity contribution in [2.75, 3.05) is 0 Å². The molecule has 0 aliphatic carbocycles. The van der Waals surface area contributed by atoms with Crippen LogP contribution >= 0.6 is 0 Å². The van der Waals surface area contributed by atoms with Gasteiger partial charge in [0.1, 0.15) is 22.9 Å². The second kappa shape index (κ2) is 5.20. The minimum Gasteiger partial charge on any atom is -0.508 e. The van der Waals surface area contributed by atoms with Crippen LogP contribution in [-0.2, 0) is 0 Å². The Morgan fingerprint density at radius 1 is 1.05 bits per heavy atom. The van der Waals surface area contributed by atoms with E-state index in [2.05, 4.69) is 10.2 Å². The Hall–Kier alpha value is -2.95. The summed E-state index contributed by atoms with van der Waals surface area (Å²) in [7, 11) is 0. The largest absolute Gasteiger partial charge is 0.508 e. The van der Waals surface area contributed by atoms with Crippen molar-refractivity contribution >= 4 is 0 Å². The van der Waals surface area contributed by atoms with E-state index in [9.17, 15) is 10.2 Å². The Labute approximate surface area is 121 Å². The summed E-state index contributed by atoms with van der Waals surface area (Å²) >= 11 is 0. The van der Waals surface area contributed by atoms with E-state index in [1.807, 2.05) is 31.2 Å². The third kappa shape index (κ3) is 2.53. The Bertz CT molecular complexity index is 781. The first kappa shape index (κ1) is 13.1. The van der Waals surface area contributed by atoms with Crippen molar-refractivity contribution in [1.82, 2.24) is 10.2 Å². The maximum absolute atomic E-state index is 9.94. The summed E-state index contributed by atoms with van der Waals surface area (Å²) in [6, 6.07) is 12.0. The first-order chi connectivity index (χ1) is 10.1. The normalized spacial score (nSPS) is 10.5. The molecule has 3 aromatic rings. The van der Waals surface area contributed by atoms with Gasteiger partial charge >= 0.3 is 0 Å². The lowest BCUT2D eigenvalue weighted by atomic mass is 10.1. The van der Waals surface area contributed by atoms with Gasteiger partial charge in [-0.25, -0.2) is 0 Å². The maximum Gasteiger partial charge on any atom is 0.173 e. The van der Waals surface area contributed by atoms with Gasteiger partial charge < -0.3 is 14.9 Å². The summed E-state index contributed by atoms with van der Waals surface area (Å²) in [5.41, 5.74) is 2.06. The third-order valence-corrected chi connectivity index (χ3v) is 3.17. The molecule has 0 aliphatic heterocycles. The number of para-hydroxylation sites is 1. The van der Waals surface area contributed by atoms with E-state index in [1.165, 1.54) is 12.1 Å². The van der Waals surface area contributed by atoms with Gasteiger partial charge in [0.25, 0.3) is 0 Å². The first-order valence-electron chi connectivity index (χ1n) is 6.44. The predicted molar refractivity (Wildman–Crippen MR) is 78.6 cm³/mol. The number of ether oxygens (including phenoxy) is 1. The molecule has 0 unspecified atom stereocenters. The van der Waals surface area contributed by atoms with Crippen molar-refractivity contribution in [3.63, 3.8) is 0 Å². The molecule has 0 spiro atoms. The number of nitrogens with zero attached hydrogens (tertiary/aromatic N) is 1. The lowest BCUT2D eigenvalue weighted by Crippen LogP contribution is -1.89. The summed E-state index contributed by atoms with van der Waals surface area (Å²) in [5.74, 6) is 1.18.